The fourth-order valence-electron chi connectivity index (χ4n) is 2.17. The molecule has 22 heavy (non-hydrogen) atoms. The van der Waals surface area contributed by atoms with Crippen LogP contribution in [0.5, 0.6) is 0 Å². The first-order valence-corrected chi connectivity index (χ1v) is 8.29. The molecule has 0 heterocycles. The summed E-state index contributed by atoms with van der Waals surface area (Å²) in [6.07, 6.45) is 0. The van der Waals surface area contributed by atoms with Crippen molar-refractivity contribution in [3.63, 3.8) is 0 Å². The molecule has 114 valence electrons. The first kappa shape index (κ1) is 16.9. The fraction of sp³-hybridized carbons (Fsp3) is 0.176. The molecule has 0 aromatic heterocycles. The summed E-state index contributed by atoms with van der Waals surface area (Å²) in [6, 6.07) is 16.1. The smallest absolute Gasteiger partial charge is 0.319 e. The number of hydrogen-bond donors (Lipinski definition) is 0. The number of nitrogens with zero attached hydrogens (tertiary/aromatic N) is 1. The molecule has 0 radical (unpaired) electrons. The molecule has 0 fully saturated rings. The van der Waals surface area contributed by atoms with Gasteiger partial charge in [0.25, 0.3) is 0 Å². The Labute approximate surface area is 146 Å². The van der Waals surface area contributed by atoms with E-state index in [1.807, 2.05) is 55.5 Å². The van der Waals surface area contributed by atoms with Crippen molar-refractivity contribution >= 4 is 43.5 Å². The van der Waals surface area contributed by atoms with Gasteiger partial charge in [-0.2, -0.15) is 0 Å². The number of benzene rings is 2. The van der Waals surface area contributed by atoms with Gasteiger partial charge < -0.3 is 4.84 Å². The maximum absolute atomic E-state index is 11.0. The Morgan fingerprint density at radius 2 is 1.32 bits per heavy atom. The Kier molecular flexibility index (Phi) is 5.91. The number of halogens is 2. The zero-order chi connectivity index (χ0) is 16.1. The lowest BCUT2D eigenvalue weighted by molar-refractivity contribution is -0.140. The molecule has 2 aromatic rings. The highest BCUT2D eigenvalue weighted by molar-refractivity contribution is 9.10. The molecule has 0 unspecified atom stereocenters. The van der Waals surface area contributed by atoms with Crippen molar-refractivity contribution in [3.05, 3.63) is 68.6 Å². The van der Waals surface area contributed by atoms with Crippen LogP contribution in [0.25, 0.3) is 0 Å². The van der Waals surface area contributed by atoms with Gasteiger partial charge in [0.15, 0.2) is 0 Å². The molecule has 0 saturated heterocycles. The molecule has 0 saturated carbocycles. The SMILES string of the molecule is CC(=O)O/N=C(\C)C(c1ccc(Br)cc1)c1ccc(Br)cc1. The van der Waals surface area contributed by atoms with Gasteiger partial charge in [-0.3, -0.25) is 0 Å². The van der Waals surface area contributed by atoms with E-state index < -0.39 is 5.97 Å². The monoisotopic (exact) mass is 423 g/mol. The van der Waals surface area contributed by atoms with Crippen molar-refractivity contribution in [1.82, 2.24) is 0 Å². The summed E-state index contributed by atoms with van der Waals surface area (Å²) >= 11 is 6.88. The molecule has 2 rings (SSSR count). The number of carbonyl (C=O) groups is 1. The largest absolute Gasteiger partial charge is 0.331 e. The molecule has 0 atom stereocenters. The third kappa shape index (κ3) is 4.52. The molecule has 3 nitrogen and oxygen atoms in total. The maximum atomic E-state index is 11.0. The topological polar surface area (TPSA) is 38.7 Å². The highest BCUT2D eigenvalue weighted by Gasteiger charge is 2.18. The molecule has 0 spiro atoms. The molecule has 0 aliphatic heterocycles. The van der Waals surface area contributed by atoms with E-state index in [9.17, 15) is 4.79 Å². The number of hydrogen-bond acceptors (Lipinski definition) is 3. The van der Waals surface area contributed by atoms with Crippen LogP contribution in [-0.2, 0) is 9.63 Å². The second kappa shape index (κ2) is 7.70. The normalized spacial score (nSPS) is 11.6. The second-order valence-corrected chi connectivity index (χ2v) is 6.68. The van der Waals surface area contributed by atoms with E-state index in [0.29, 0.717) is 0 Å². The van der Waals surface area contributed by atoms with E-state index in [0.717, 1.165) is 25.8 Å². The average molecular weight is 425 g/mol. The van der Waals surface area contributed by atoms with Gasteiger partial charge in [-0.25, -0.2) is 4.79 Å². The van der Waals surface area contributed by atoms with Crippen molar-refractivity contribution < 1.29 is 9.63 Å². The van der Waals surface area contributed by atoms with E-state index >= 15 is 0 Å². The zero-order valence-corrected chi connectivity index (χ0v) is 15.4. The molecule has 0 bridgehead atoms. The molecular formula is C17H15Br2NO2. The van der Waals surface area contributed by atoms with Crippen molar-refractivity contribution in [2.45, 2.75) is 19.8 Å². The van der Waals surface area contributed by atoms with E-state index in [4.69, 9.17) is 4.84 Å². The van der Waals surface area contributed by atoms with Crippen LogP contribution < -0.4 is 0 Å². The predicted molar refractivity (Wildman–Crippen MR) is 95.0 cm³/mol. The van der Waals surface area contributed by atoms with Gasteiger partial charge in [0.2, 0.25) is 0 Å². The Hall–Kier alpha value is -1.46. The van der Waals surface area contributed by atoms with Gasteiger partial charge in [-0.1, -0.05) is 61.3 Å². The lowest BCUT2D eigenvalue weighted by Crippen LogP contribution is -2.12. The van der Waals surface area contributed by atoms with Crippen molar-refractivity contribution in [2.24, 2.45) is 5.16 Å². The summed E-state index contributed by atoms with van der Waals surface area (Å²) in [5, 5.41) is 3.97. The summed E-state index contributed by atoms with van der Waals surface area (Å²) in [5.74, 6) is -0.495. The zero-order valence-electron chi connectivity index (χ0n) is 12.2. The van der Waals surface area contributed by atoms with Crippen LogP contribution in [0.2, 0.25) is 0 Å². The minimum atomic E-state index is -0.426. The maximum Gasteiger partial charge on any atom is 0.331 e. The van der Waals surface area contributed by atoms with Crippen LogP contribution in [0, 0.1) is 0 Å². The third-order valence-electron chi connectivity index (χ3n) is 3.14. The Morgan fingerprint density at radius 3 is 1.68 bits per heavy atom. The highest BCUT2D eigenvalue weighted by atomic mass is 79.9. The van der Waals surface area contributed by atoms with Gasteiger partial charge >= 0.3 is 5.97 Å². The molecule has 2 aromatic carbocycles. The Bertz CT molecular complexity index is 633. The van der Waals surface area contributed by atoms with E-state index in [2.05, 4.69) is 37.0 Å². The van der Waals surface area contributed by atoms with Gasteiger partial charge in [0.05, 0.1) is 11.6 Å². The van der Waals surface area contributed by atoms with Crippen LogP contribution in [0.3, 0.4) is 0 Å². The van der Waals surface area contributed by atoms with Gasteiger partial charge in [0, 0.05) is 15.9 Å². The Balaban J connectivity index is 2.44. The summed E-state index contributed by atoms with van der Waals surface area (Å²) in [7, 11) is 0. The minimum absolute atomic E-state index is 0.0689. The molecule has 0 aliphatic rings. The number of carbonyl (C=O) groups excluding carboxylic acids is 1. The summed E-state index contributed by atoms with van der Waals surface area (Å²) in [4.78, 5) is 15.8. The van der Waals surface area contributed by atoms with Crippen LogP contribution in [0.15, 0.2) is 62.6 Å². The van der Waals surface area contributed by atoms with E-state index in [1.54, 1.807) is 0 Å². The van der Waals surface area contributed by atoms with Gasteiger partial charge in [-0.15, -0.1) is 0 Å². The lowest BCUT2D eigenvalue weighted by Gasteiger charge is -2.17. The van der Waals surface area contributed by atoms with Crippen molar-refractivity contribution in [3.8, 4) is 0 Å². The van der Waals surface area contributed by atoms with Gasteiger partial charge in [0.1, 0.15) is 0 Å². The minimum Gasteiger partial charge on any atom is -0.319 e. The van der Waals surface area contributed by atoms with Crippen LogP contribution in [0.4, 0.5) is 0 Å². The van der Waals surface area contributed by atoms with Gasteiger partial charge in [-0.05, 0) is 42.3 Å². The summed E-state index contributed by atoms with van der Waals surface area (Å²) in [6.45, 7) is 3.20. The summed E-state index contributed by atoms with van der Waals surface area (Å²) in [5.41, 5.74) is 2.89. The Morgan fingerprint density at radius 1 is 0.909 bits per heavy atom. The first-order valence-electron chi connectivity index (χ1n) is 6.70. The predicted octanol–water partition coefficient (Wildman–Crippen LogP) is 5.28. The van der Waals surface area contributed by atoms with E-state index in [-0.39, 0.29) is 5.92 Å². The van der Waals surface area contributed by atoms with E-state index in [1.165, 1.54) is 6.92 Å². The lowest BCUT2D eigenvalue weighted by atomic mass is 9.88. The van der Waals surface area contributed by atoms with Crippen molar-refractivity contribution in [1.29, 1.82) is 0 Å². The van der Waals surface area contributed by atoms with Crippen LogP contribution in [-0.4, -0.2) is 11.7 Å². The standard InChI is InChI=1S/C17H15Br2NO2/c1-11(20-22-12(2)21)17(13-3-7-15(18)8-4-13)14-5-9-16(19)10-6-14/h3-10,17H,1-2H3/b20-11+. The molecular weight excluding hydrogens is 410 g/mol. The number of oxime groups is 1. The molecule has 0 aliphatic carbocycles. The number of rotatable bonds is 4. The molecule has 0 amide bonds. The molecule has 5 heteroatoms. The third-order valence-corrected chi connectivity index (χ3v) is 4.20. The summed E-state index contributed by atoms with van der Waals surface area (Å²) < 4.78 is 2.03. The quantitative estimate of drug-likeness (QED) is 0.380. The molecule has 0 N–H and O–H groups in total. The fourth-order valence-corrected chi connectivity index (χ4v) is 2.70. The average Bonchev–Trinajstić information content (AvgIpc) is 2.49. The highest BCUT2D eigenvalue weighted by Crippen LogP contribution is 2.28. The first-order chi connectivity index (χ1) is 10.5. The van der Waals surface area contributed by atoms with Crippen LogP contribution >= 0.6 is 31.9 Å². The second-order valence-electron chi connectivity index (χ2n) is 4.85. The van der Waals surface area contributed by atoms with Crippen LogP contribution in [0.1, 0.15) is 30.9 Å². The van der Waals surface area contributed by atoms with Crippen molar-refractivity contribution in [2.75, 3.05) is 0 Å².